The highest BCUT2D eigenvalue weighted by Crippen LogP contribution is 2.25. The van der Waals surface area contributed by atoms with Gasteiger partial charge in [-0.1, -0.05) is 24.3 Å². The minimum atomic E-state index is 0. The number of pyridine rings is 1. The molecule has 1 aromatic carbocycles. The Hall–Kier alpha value is -1.03. The highest BCUT2D eigenvalue weighted by Gasteiger charge is 2.21. The van der Waals surface area contributed by atoms with Crippen LogP contribution in [-0.4, -0.2) is 36.1 Å². The van der Waals surface area contributed by atoms with Gasteiger partial charge in [-0.15, -0.1) is 24.8 Å². The predicted molar refractivity (Wildman–Crippen MR) is 87.4 cm³/mol. The standard InChI is InChI=1S/C15H18N2O.2ClH/c1-17-8-4-6-13(17)11-18-15-10-16-9-12-5-2-3-7-14(12)15;;/h2-3,5,7,9-10,13H,4,6,8,11H2,1H3;2*1H/t13-;;/m0../s1. The molecule has 0 saturated carbocycles. The van der Waals surface area contributed by atoms with E-state index >= 15 is 0 Å². The number of aromatic nitrogens is 1. The SMILES string of the molecule is CN1CCC[C@H]1COc1cncc2ccccc12.Cl.Cl. The molecule has 1 atom stereocenters. The van der Waals surface area contributed by atoms with Crippen molar-refractivity contribution >= 4 is 35.6 Å². The molecule has 0 bridgehead atoms. The number of nitrogens with zero attached hydrogens (tertiary/aromatic N) is 2. The van der Waals surface area contributed by atoms with Gasteiger partial charge in [0.2, 0.25) is 0 Å². The third-order valence-corrected chi connectivity index (χ3v) is 3.73. The van der Waals surface area contributed by atoms with Gasteiger partial charge in [0.05, 0.1) is 6.20 Å². The topological polar surface area (TPSA) is 25.4 Å². The highest BCUT2D eigenvalue weighted by atomic mass is 35.5. The average molecular weight is 315 g/mol. The number of benzene rings is 1. The van der Waals surface area contributed by atoms with Gasteiger partial charge < -0.3 is 9.64 Å². The molecule has 110 valence electrons. The maximum absolute atomic E-state index is 5.97. The van der Waals surface area contributed by atoms with E-state index in [9.17, 15) is 0 Å². The molecule has 0 unspecified atom stereocenters. The molecule has 3 nitrogen and oxygen atoms in total. The number of fused-ring (bicyclic) bond motifs is 1. The Kier molecular flexibility index (Phi) is 6.53. The van der Waals surface area contributed by atoms with Crippen molar-refractivity contribution in [2.75, 3.05) is 20.2 Å². The highest BCUT2D eigenvalue weighted by molar-refractivity contribution is 5.87. The summed E-state index contributed by atoms with van der Waals surface area (Å²) in [6, 6.07) is 8.76. The molecule has 0 amide bonds. The van der Waals surface area contributed by atoms with Crippen LogP contribution >= 0.6 is 24.8 Å². The van der Waals surface area contributed by atoms with Crippen LogP contribution in [-0.2, 0) is 0 Å². The van der Waals surface area contributed by atoms with Crippen molar-refractivity contribution in [1.29, 1.82) is 0 Å². The summed E-state index contributed by atoms with van der Waals surface area (Å²) in [5, 5.41) is 2.28. The second kappa shape index (κ2) is 7.67. The quantitative estimate of drug-likeness (QED) is 0.866. The van der Waals surface area contributed by atoms with Crippen molar-refractivity contribution in [2.24, 2.45) is 0 Å². The Morgan fingerprint density at radius 2 is 2.05 bits per heavy atom. The van der Waals surface area contributed by atoms with Crippen LogP contribution in [0, 0.1) is 0 Å². The minimum absolute atomic E-state index is 0. The van der Waals surface area contributed by atoms with Gasteiger partial charge in [0.15, 0.2) is 0 Å². The van der Waals surface area contributed by atoms with Crippen molar-refractivity contribution in [3.8, 4) is 5.75 Å². The number of rotatable bonds is 3. The van der Waals surface area contributed by atoms with Crippen molar-refractivity contribution in [3.63, 3.8) is 0 Å². The number of ether oxygens (including phenoxy) is 1. The van der Waals surface area contributed by atoms with Crippen LogP contribution in [0.25, 0.3) is 10.8 Å². The van der Waals surface area contributed by atoms with Crippen LogP contribution in [0.4, 0.5) is 0 Å². The van der Waals surface area contributed by atoms with Gasteiger partial charge in [-0.3, -0.25) is 4.98 Å². The van der Waals surface area contributed by atoms with Gasteiger partial charge in [-0.2, -0.15) is 0 Å². The van der Waals surface area contributed by atoms with Gasteiger partial charge in [0, 0.05) is 23.0 Å². The zero-order valence-corrected chi connectivity index (χ0v) is 13.1. The molecular weight excluding hydrogens is 295 g/mol. The summed E-state index contributed by atoms with van der Waals surface area (Å²) < 4.78 is 5.97. The van der Waals surface area contributed by atoms with E-state index in [1.54, 1.807) is 0 Å². The zero-order chi connectivity index (χ0) is 12.4. The summed E-state index contributed by atoms with van der Waals surface area (Å²) in [5.74, 6) is 0.897. The van der Waals surface area contributed by atoms with Crippen LogP contribution in [0.2, 0.25) is 0 Å². The molecule has 5 heteroatoms. The molecule has 20 heavy (non-hydrogen) atoms. The van der Waals surface area contributed by atoms with Gasteiger partial charge >= 0.3 is 0 Å². The minimum Gasteiger partial charge on any atom is -0.490 e. The molecule has 2 aromatic rings. The third-order valence-electron chi connectivity index (χ3n) is 3.73. The van der Waals surface area contributed by atoms with Crippen LogP contribution in [0.5, 0.6) is 5.75 Å². The van der Waals surface area contributed by atoms with Crippen LogP contribution in [0.3, 0.4) is 0 Å². The lowest BCUT2D eigenvalue weighted by atomic mass is 10.1. The van der Waals surface area contributed by atoms with Gasteiger partial charge in [0.1, 0.15) is 12.4 Å². The fourth-order valence-corrected chi connectivity index (χ4v) is 2.58. The summed E-state index contributed by atoms with van der Waals surface area (Å²) in [6.45, 7) is 1.94. The monoisotopic (exact) mass is 314 g/mol. The Labute approximate surface area is 132 Å². The predicted octanol–water partition coefficient (Wildman–Crippen LogP) is 3.55. The molecule has 0 spiro atoms. The average Bonchev–Trinajstić information content (AvgIpc) is 2.82. The van der Waals surface area contributed by atoms with Crippen molar-refractivity contribution in [3.05, 3.63) is 36.7 Å². The molecule has 0 aliphatic carbocycles. The molecule has 0 radical (unpaired) electrons. The fraction of sp³-hybridized carbons (Fsp3) is 0.400. The van der Waals surface area contributed by atoms with Gasteiger partial charge in [0.25, 0.3) is 0 Å². The summed E-state index contributed by atoms with van der Waals surface area (Å²) in [4.78, 5) is 6.61. The molecule has 2 heterocycles. The molecule has 1 aromatic heterocycles. The third kappa shape index (κ3) is 3.54. The maximum atomic E-state index is 5.97. The Morgan fingerprint density at radius 1 is 1.25 bits per heavy atom. The van der Waals surface area contributed by atoms with E-state index < -0.39 is 0 Å². The first kappa shape index (κ1) is 17.0. The number of hydrogen-bond donors (Lipinski definition) is 0. The molecule has 0 N–H and O–H groups in total. The van der Waals surface area contributed by atoms with E-state index in [0.717, 1.165) is 23.1 Å². The molecule has 1 aliphatic rings. The Bertz CT molecular complexity index is 545. The molecule has 1 saturated heterocycles. The lowest BCUT2D eigenvalue weighted by molar-refractivity contribution is 0.199. The van der Waals surface area contributed by atoms with E-state index in [1.165, 1.54) is 19.4 Å². The zero-order valence-electron chi connectivity index (χ0n) is 11.5. The first-order chi connectivity index (χ1) is 8.84. The number of halogens is 2. The molecule has 1 fully saturated rings. The molecular formula is C15H20Cl2N2O. The van der Waals surface area contributed by atoms with Crippen LogP contribution < -0.4 is 4.74 Å². The molecule has 1 aliphatic heterocycles. The van der Waals surface area contributed by atoms with E-state index in [0.29, 0.717) is 6.04 Å². The summed E-state index contributed by atoms with van der Waals surface area (Å²) in [6.07, 6.45) is 6.20. The van der Waals surface area contributed by atoms with E-state index in [4.69, 9.17) is 4.74 Å². The van der Waals surface area contributed by atoms with Crippen molar-refractivity contribution in [1.82, 2.24) is 9.88 Å². The normalized spacial score (nSPS) is 18.4. The maximum Gasteiger partial charge on any atom is 0.145 e. The smallest absolute Gasteiger partial charge is 0.145 e. The summed E-state index contributed by atoms with van der Waals surface area (Å²) in [7, 11) is 2.17. The van der Waals surface area contributed by atoms with Crippen molar-refractivity contribution < 1.29 is 4.74 Å². The summed E-state index contributed by atoms with van der Waals surface area (Å²) in [5.41, 5.74) is 0. The largest absolute Gasteiger partial charge is 0.490 e. The first-order valence-electron chi connectivity index (χ1n) is 6.50. The van der Waals surface area contributed by atoms with Gasteiger partial charge in [-0.25, -0.2) is 0 Å². The van der Waals surface area contributed by atoms with Gasteiger partial charge in [-0.05, 0) is 26.4 Å². The van der Waals surface area contributed by atoms with Crippen LogP contribution in [0.15, 0.2) is 36.7 Å². The summed E-state index contributed by atoms with van der Waals surface area (Å²) >= 11 is 0. The molecule has 3 rings (SSSR count). The first-order valence-corrected chi connectivity index (χ1v) is 6.50. The number of likely N-dealkylation sites (tertiary alicyclic amines) is 1. The lowest BCUT2D eigenvalue weighted by Crippen LogP contribution is -2.30. The van der Waals surface area contributed by atoms with E-state index in [1.807, 2.05) is 24.5 Å². The second-order valence-electron chi connectivity index (χ2n) is 4.95. The van der Waals surface area contributed by atoms with Crippen LogP contribution in [0.1, 0.15) is 12.8 Å². The van der Waals surface area contributed by atoms with E-state index in [-0.39, 0.29) is 24.8 Å². The number of hydrogen-bond acceptors (Lipinski definition) is 3. The Morgan fingerprint density at radius 3 is 2.80 bits per heavy atom. The Balaban J connectivity index is 0.000001000. The van der Waals surface area contributed by atoms with E-state index in [2.05, 4.69) is 29.1 Å². The second-order valence-corrected chi connectivity index (χ2v) is 4.95. The number of likely N-dealkylation sites (N-methyl/N-ethyl adjacent to an activating group) is 1. The lowest BCUT2D eigenvalue weighted by Gasteiger charge is -2.20. The fourth-order valence-electron chi connectivity index (χ4n) is 2.58. The van der Waals surface area contributed by atoms with Crippen molar-refractivity contribution in [2.45, 2.75) is 18.9 Å².